The number of aldehydes is 1. The van der Waals surface area contributed by atoms with Crippen LogP contribution in [0.4, 0.5) is 0 Å². The van der Waals surface area contributed by atoms with E-state index < -0.39 is 0 Å². The molecule has 1 aromatic rings. The molecule has 1 fully saturated rings. The Labute approximate surface area is 90.7 Å². The number of hydrogen-bond acceptors (Lipinski definition) is 2. The van der Waals surface area contributed by atoms with E-state index in [0.717, 1.165) is 12.8 Å². The van der Waals surface area contributed by atoms with Crippen molar-refractivity contribution in [3.8, 4) is 0 Å². The van der Waals surface area contributed by atoms with Crippen LogP contribution in [-0.4, -0.2) is 11.3 Å². The second kappa shape index (κ2) is 4.13. The largest absolute Gasteiger partial charge is 0.303 e. The van der Waals surface area contributed by atoms with Gasteiger partial charge in [0.15, 0.2) is 0 Å². The number of carbonyl (C=O) groups excluding carboxylic acids is 1. The third kappa shape index (κ3) is 1.94. The van der Waals surface area contributed by atoms with Gasteiger partial charge in [0.05, 0.1) is 0 Å². The molecular formula is C13H17NO. The fourth-order valence-corrected chi connectivity index (χ4v) is 2.63. The fourth-order valence-electron chi connectivity index (χ4n) is 2.63. The summed E-state index contributed by atoms with van der Waals surface area (Å²) in [7, 11) is 0. The lowest BCUT2D eigenvalue weighted by Gasteiger charge is -2.27. The highest BCUT2D eigenvalue weighted by Gasteiger charge is 2.39. The van der Waals surface area contributed by atoms with Gasteiger partial charge in [-0.1, -0.05) is 19.4 Å². The highest BCUT2D eigenvalue weighted by Crippen LogP contribution is 2.43. The fraction of sp³-hybridized carbons (Fsp3) is 0.538. The molecule has 2 atom stereocenters. The van der Waals surface area contributed by atoms with E-state index in [0.29, 0.717) is 5.92 Å². The molecular weight excluding hydrogens is 186 g/mol. The van der Waals surface area contributed by atoms with Crippen molar-refractivity contribution in [2.45, 2.75) is 32.6 Å². The molecule has 2 rings (SSSR count). The van der Waals surface area contributed by atoms with E-state index in [1.165, 1.54) is 24.7 Å². The molecule has 2 heteroatoms. The Morgan fingerprint density at radius 1 is 1.67 bits per heavy atom. The quantitative estimate of drug-likeness (QED) is 0.707. The zero-order valence-corrected chi connectivity index (χ0v) is 9.15. The Balaban J connectivity index is 2.18. The molecule has 15 heavy (non-hydrogen) atoms. The summed E-state index contributed by atoms with van der Waals surface area (Å²) in [6.45, 7) is 2.19. The van der Waals surface area contributed by atoms with Gasteiger partial charge in [-0.05, 0) is 36.8 Å². The smallest absolute Gasteiger partial charge is 0.126 e. The molecule has 0 spiro atoms. The van der Waals surface area contributed by atoms with E-state index in [1.54, 1.807) is 6.20 Å². The first-order valence-electron chi connectivity index (χ1n) is 5.62. The molecule has 1 saturated carbocycles. The number of hydrogen-bond donors (Lipinski definition) is 0. The molecule has 0 saturated heterocycles. The molecule has 80 valence electrons. The van der Waals surface area contributed by atoms with Crippen LogP contribution in [0, 0.1) is 11.3 Å². The van der Waals surface area contributed by atoms with Gasteiger partial charge in [-0.25, -0.2) is 0 Å². The summed E-state index contributed by atoms with van der Waals surface area (Å²) in [4.78, 5) is 15.4. The second-order valence-electron chi connectivity index (χ2n) is 4.68. The van der Waals surface area contributed by atoms with Gasteiger partial charge in [-0.3, -0.25) is 4.98 Å². The average molecular weight is 203 g/mol. The molecule has 2 unspecified atom stereocenters. The highest BCUT2D eigenvalue weighted by atomic mass is 16.1. The van der Waals surface area contributed by atoms with Gasteiger partial charge in [0, 0.05) is 17.8 Å². The number of aromatic nitrogens is 1. The Kier molecular flexibility index (Phi) is 2.85. The zero-order chi connectivity index (χ0) is 10.7. The van der Waals surface area contributed by atoms with Gasteiger partial charge < -0.3 is 4.79 Å². The van der Waals surface area contributed by atoms with Crippen LogP contribution < -0.4 is 0 Å². The predicted molar refractivity (Wildman–Crippen MR) is 59.5 cm³/mol. The first kappa shape index (κ1) is 10.3. The van der Waals surface area contributed by atoms with E-state index >= 15 is 0 Å². The SMILES string of the molecule is CC1CCCC1(C=O)Cc1cccnc1. The predicted octanol–water partition coefficient (Wildman–Crippen LogP) is 2.63. The zero-order valence-electron chi connectivity index (χ0n) is 9.15. The third-order valence-corrected chi connectivity index (χ3v) is 3.75. The molecule has 1 aliphatic rings. The van der Waals surface area contributed by atoms with E-state index in [4.69, 9.17) is 0 Å². The van der Waals surface area contributed by atoms with E-state index in [-0.39, 0.29) is 5.41 Å². The molecule has 0 bridgehead atoms. The van der Waals surface area contributed by atoms with Crippen LogP contribution >= 0.6 is 0 Å². The van der Waals surface area contributed by atoms with Gasteiger partial charge in [0.2, 0.25) is 0 Å². The Hall–Kier alpha value is -1.18. The number of rotatable bonds is 3. The Morgan fingerprint density at radius 3 is 3.07 bits per heavy atom. The van der Waals surface area contributed by atoms with Crippen LogP contribution in [0.5, 0.6) is 0 Å². The van der Waals surface area contributed by atoms with Crippen molar-refractivity contribution in [2.75, 3.05) is 0 Å². The van der Waals surface area contributed by atoms with Crippen LogP contribution in [0.2, 0.25) is 0 Å². The standard InChI is InChI=1S/C13H17NO/c1-11-4-2-6-13(11,10-15)8-12-5-3-7-14-9-12/h3,5,7,9-11H,2,4,6,8H2,1H3. The Morgan fingerprint density at radius 2 is 2.53 bits per heavy atom. The number of carbonyl (C=O) groups is 1. The van der Waals surface area contributed by atoms with Crippen molar-refractivity contribution in [3.05, 3.63) is 30.1 Å². The summed E-state index contributed by atoms with van der Waals surface area (Å²) in [5.41, 5.74) is 1.06. The molecule has 1 aliphatic carbocycles. The van der Waals surface area contributed by atoms with Gasteiger partial charge in [0.1, 0.15) is 6.29 Å². The monoisotopic (exact) mass is 203 g/mol. The summed E-state index contributed by atoms with van der Waals surface area (Å²) >= 11 is 0. The van der Waals surface area contributed by atoms with Crippen LogP contribution in [0.15, 0.2) is 24.5 Å². The van der Waals surface area contributed by atoms with Gasteiger partial charge in [-0.2, -0.15) is 0 Å². The van der Waals surface area contributed by atoms with Gasteiger partial charge in [0.25, 0.3) is 0 Å². The molecule has 1 heterocycles. The normalized spacial score (nSPS) is 30.3. The van der Waals surface area contributed by atoms with Crippen LogP contribution in [0.1, 0.15) is 31.7 Å². The molecule has 0 aliphatic heterocycles. The highest BCUT2D eigenvalue weighted by molar-refractivity contribution is 5.61. The lowest BCUT2D eigenvalue weighted by atomic mass is 9.75. The molecule has 1 aromatic heterocycles. The van der Waals surface area contributed by atoms with Crippen molar-refractivity contribution in [1.29, 1.82) is 0 Å². The minimum atomic E-state index is -0.122. The average Bonchev–Trinajstić information content (AvgIpc) is 2.62. The van der Waals surface area contributed by atoms with Crippen LogP contribution in [-0.2, 0) is 11.2 Å². The molecule has 2 nitrogen and oxygen atoms in total. The molecule has 0 N–H and O–H groups in total. The van der Waals surface area contributed by atoms with Crippen molar-refractivity contribution in [1.82, 2.24) is 4.98 Å². The third-order valence-electron chi connectivity index (χ3n) is 3.75. The number of nitrogens with zero attached hydrogens (tertiary/aromatic N) is 1. The molecule has 0 radical (unpaired) electrons. The minimum absolute atomic E-state index is 0.122. The molecule has 0 amide bonds. The van der Waals surface area contributed by atoms with E-state index in [2.05, 4.69) is 18.0 Å². The number of pyridine rings is 1. The summed E-state index contributed by atoms with van der Waals surface area (Å²) in [5.74, 6) is 0.509. The maximum absolute atomic E-state index is 11.3. The van der Waals surface area contributed by atoms with E-state index in [9.17, 15) is 4.79 Å². The summed E-state index contributed by atoms with van der Waals surface area (Å²) < 4.78 is 0. The van der Waals surface area contributed by atoms with Crippen LogP contribution in [0.25, 0.3) is 0 Å². The minimum Gasteiger partial charge on any atom is -0.303 e. The summed E-state index contributed by atoms with van der Waals surface area (Å²) in [5, 5.41) is 0. The van der Waals surface area contributed by atoms with Crippen molar-refractivity contribution >= 4 is 6.29 Å². The first-order valence-corrected chi connectivity index (χ1v) is 5.62. The Bertz CT molecular complexity index is 336. The topological polar surface area (TPSA) is 30.0 Å². The maximum Gasteiger partial charge on any atom is 0.126 e. The second-order valence-corrected chi connectivity index (χ2v) is 4.68. The van der Waals surface area contributed by atoms with E-state index in [1.807, 2.05) is 12.3 Å². The lowest BCUT2D eigenvalue weighted by Crippen LogP contribution is -2.28. The lowest BCUT2D eigenvalue weighted by molar-refractivity contribution is -0.117. The van der Waals surface area contributed by atoms with Crippen molar-refractivity contribution < 1.29 is 4.79 Å². The summed E-state index contributed by atoms with van der Waals surface area (Å²) in [6, 6.07) is 4.00. The van der Waals surface area contributed by atoms with Gasteiger partial charge >= 0.3 is 0 Å². The van der Waals surface area contributed by atoms with Crippen molar-refractivity contribution in [2.24, 2.45) is 11.3 Å². The molecule has 0 aromatic carbocycles. The van der Waals surface area contributed by atoms with Crippen molar-refractivity contribution in [3.63, 3.8) is 0 Å². The first-order chi connectivity index (χ1) is 7.27. The van der Waals surface area contributed by atoms with Gasteiger partial charge in [-0.15, -0.1) is 0 Å². The summed E-state index contributed by atoms with van der Waals surface area (Å²) in [6.07, 6.45) is 9.07. The van der Waals surface area contributed by atoms with Crippen LogP contribution in [0.3, 0.4) is 0 Å². The maximum atomic E-state index is 11.3.